The van der Waals surface area contributed by atoms with Gasteiger partial charge in [-0.3, -0.25) is 4.79 Å². The molecule has 0 heterocycles. The van der Waals surface area contributed by atoms with Gasteiger partial charge in [0.15, 0.2) is 0 Å². The molecule has 0 fully saturated rings. The van der Waals surface area contributed by atoms with Crippen LogP contribution in [-0.4, -0.2) is 18.2 Å². The van der Waals surface area contributed by atoms with E-state index in [1.807, 2.05) is 30.3 Å². The zero-order valence-electron chi connectivity index (χ0n) is 12.2. The van der Waals surface area contributed by atoms with Crippen molar-refractivity contribution >= 4 is 12.1 Å². The van der Waals surface area contributed by atoms with Gasteiger partial charge in [0.25, 0.3) is 5.91 Å². The maximum Gasteiger partial charge on any atom is 0.263 e. The molecule has 114 valence electrons. The summed E-state index contributed by atoms with van der Waals surface area (Å²) in [6, 6.07) is 15.5. The van der Waals surface area contributed by atoms with Gasteiger partial charge in [0.2, 0.25) is 6.10 Å². The summed E-state index contributed by atoms with van der Waals surface area (Å²) >= 11 is 0. The second-order valence-electron chi connectivity index (χ2n) is 4.74. The second kappa shape index (κ2) is 7.93. The molecule has 1 N–H and O–H groups in total. The highest BCUT2D eigenvalue weighted by molar-refractivity contribution is 5.81. The standard InChI is InChI=1S/C17H17FN2O2/c1-13(17(21)19-11-14-6-3-2-4-7-14)22-20-12-15-8-5-9-16(18)10-15/h2-10,12-13H,11H2,1H3,(H,19,21)/b20-12-/t13-/m1/s1. The number of oxime groups is 1. The van der Waals surface area contributed by atoms with E-state index in [1.54, 1.807) is 19.1 Å². The average molecular weight is 300 g/mol. The van der Waals surface area contributed by atoms with E-state index in [0.717, 1.165) is 5.56 Å². The van der Waals surface area contributed by atoms with E-state index < -0.39 is 6.10 Å². The number of carbonyl (C=O) groups is 1. The molecule has 2 aromatic rings. The Bertz CT molecular complexity index is 644. The van der Waals surface area contributed by atoms with Crippen molar-refractivity contribution in [2.75, 3.05) is 0 Å². The van der Waals surface area contributed by atoms with Gasteiger partial charge in [-0.2, -0.15) is 0 Å². The number of halogens is 1. The zero-order chi connectivity index (χ0) is 15.8. The van der Waals surface area contributed by atoms with Crippen LogP contribution in [0.15, 0.2) is 59.8 Å². The first kappa shape index (κ1) is 15.7. The lowest BCUT2D eigenvalue weighted by Gasteiger charge is -2.10. The molecule has 1 amide bonds. The first-order valence-electron chi connectivity index (χ1n) is 6.91. The minimum Gasteiger partial charge on any atom is -0.383 e. The molecule has 2 rings (SSSR count). The number of carbonyl (C=O) groups excluding carboxylic acids is 1. The number of nitrogens with zero attached hydrogens (tertiary/aromatic N) is 1. The van der Waals surface area contributed by atoms with Gasteiger partial charge in [-0.25, -0.2) is 4.39 Å². The van der Waals surface area contributed by atoms with Crippen LogP contribution in [0.25, 0.3) is 0 Å². The lowest BCUT2D eigenvalue weighted by molar-refractivity contribution is -0.131. The molecule has 0 aliphatic rings. The zero-order valence-corrected chi connectivity index (χ0v) is 12.2. The van der Waals surface area contributed by atoms with E-state index >= 15 is 0 Å². The van der Waals surface area contributed by atoms with Gasteiger partial charge in [0, 0.05) is 6.54 Å². The second-order valence-corrected chi connectivity index (χ2v) is 4.74. The van der Waals surface area contributed by atoms with Crippen molar-refractivity contribution in [2.24, 2.45) is 5.16 Å². The summed E-state index contributed by atoms with van der Waals surface area (Å²) in [6.07, 6.45) is 0.637. The fourth-order valence-corrected chi connectivity index (χ4v) is 1.75. The number of rotatable bonds is 6. The van der Waals surface area contributed by atoms with E-state index in [9.17, 15) is 9.18 Å². The molecule has 0 aliphatic heterocycles. The molecule has 0 saturated carbocycles. The van der Waals surface area contributed by atoms with Crippen LogP contribution in [0.5, 0.6) is 0 Å². The average Bonchev–Trinajstić information content (AvgIpc) is 2.53. The van der Waals surface area contributed by atoms with Crippen molar-refractivity contribution in [3.05, 3.63) is 71.5 Å². The summed E-state index contributed by atoms with van der Waals surface area (Å²) in [5.41, 5.74) is 1.57. The van der Waals surface area contributed by atoms with E-state index in [4.69, 9.17) is 4.84 Å². The number of benzene rings is 2. The maximum atomic E-state index is 13.0. The van der Waals surface area contributed by atoms with Crippen molar-refractivity contribution < 1.29 is 14.0 Å². The number of nitrogens with one attached hydrogen (secondary N) is 1. The van der Waals surface area contributed by atoms with Gasteiger partial charge < -0.3 is 10.2 Å². The molecule has 0 aliphatic carbocycles. The third kappa shape index (κ3) is 5.01. The SMILES string of the molecule is C[C@@H](O/N=C\c1cccc(F)c1)C(=O)NCc1ccccc1. The van der Waals surface area contributed by atoms with Crippen molar-refractivity contribution in [2.45, 2.75) is 19.6 Å². The third-order valence-electron chi connectivity index (χ3n) is 2.95. The first-order chi connectivity index (χ1) is 10.6. The van der Waals surface area contributed by atoms with Crippen LogP contribution >= 0.6 is 0 Å². The van der Waals surface area contributed by atoms with E-state index in [2.05, 4.69) is 10.5 Å². The van der Waals surface area contributed by atoms with Crippen LogP contribution in [0.2, 0.25) is 0 Å². The van der Waals surface area contributed by atoms with Crippen LogP contribution in [0.3, 0.4) is 0 Å². The summed E-state index contributed by atoms with van der Waals surface area (Å²) < 4.78 is 13.0. The van der Waals surface area contributed by atoms with Crippen LogP contribution < -0.4 is 5.32 Å². The lowest BCUT2D eigenvalue weighted by Crippen LogP contribution is -2.33. The van der Waals surface area contributed by atoms with E-state index in [-0.39, 0.29) is 11.7 Å². The van der Waals surface area contributed by atoms with Crippen molar-refractivity contribution in [1.82, 2.24) is 5.32 Å². The molecule has 0 bridgehead atoms. The smallest absolute Gasteiger partial charge is 0.263 e. The Morgan fingerprint density at radius 3 is 2.77 bits per heavy atom. The van der Waals surface area contributed by atoms with Crippen LogP contribution in [0, 0.1) is 5.82 Å². The van der Waals surface area contributed by atoms with Gasteiger partial charge in [-0.1, -0.05) is 47.6 Å². The summed E-state index contributed by atoms with van der Waals surface area (Å²) in [5, 5.41) is 6.46. The molecular weight excluding hydrogens is 283 g/mol. The Hall–Kier alpha value is -2.69. The largest absolute Gasteiger partial charge is 0.383 e. The molecule has 0 spiro atoms. The summed E-state index contributed by atoms with van der Waals surface area (Å²) in [5.74, 6) is -0.613. The molecule has 0 unspecified atom stereocenters. The highest BCUT2D eigenvalue weighted by atomic mass is 19.1. The summed E-state index contributed by atoms with van der Waals surface area (Å²) in [7, 11) is 0. The summed E-state index contributed by atoms with van der Waals surface area (Å²) in [4.78, 5) is 16.9. The van der Waals surface area contributed by atoms with E-state index in [1.165, 1.54) is 18.3 Å². The Balaban J connectivity index is 1.79. The van der Waals surface area contributed by atoms with Crippen molar-refractivity contribution in [3.63, 3.8) is 0 Å². The molecule has 0 saturated heterocycles. The molecule has 4 nitrogen and oxygen atoms in total. The Morgan fingerprint density at radius 2 is 2.05 bits per heavy atom. The monoisotopic (exact) mass is 300 g/mol. The van der Waals surface area contributed by atoms with Crippen LogP contribution in [0.1, 0.15) is 18.1 Å². The number of hydrogen-bond acceptors (Lipinski definition) is 3. The Kier molecular flexibility index (Phi) is 5.65. The van der Waals surface area contributed by atoms with Gasteiger partial charge in [-0.15, -0.1) is 0 Å². The Labute approximate surface area is 128 Å². The lowest BCUT2D eigenvalue weighted by atomic mass is 10.2. The van der Waals surface area contributed by atoms with Crippen LogP contribution in [0.4, 0.5) is 4.39 Å². The fourth-order valence-electron chi connectivity index (χ4n) is 1.75. The molecule has 22 heavy (non-hydrogen) atoms. The van der Waals surface area contributed by atoms with Crippen molar-refractivity contribution in [3.8, 4) is 0 Å². The van der Waals surface area contributed by atoms with Gasteiger partial charge in [0.1, 0.15) is 5.82 Å². The number of amides is 1. The third-order valence-corrected chi connectivity index (χ3v) is 2.95. The number of hydrogen-bond donors (Lipinski definition) is 1. The topological polar surface area (TPSA) is 50.7 Å². The summed E-state index contributed by atoms with van der Waals surface area (Å²) in [6.45, 7) is 2.03. The normalized spacial score (nSPS) is 12.1. The highest BCUT2D eigenvalue weighted by Gasteiger charge is 2.13. The van der Waals surface area contributed by atoms with E-state index in [0.29, 0.717) is 12.1 Å². The molecule has 0 aromatic heterocycles. The Morgan fingerprint density at radius 1 is 1.27 bits per heavy atom. The first-order valence-corrected chi connectivity index (χ1v) is 6.91. The fraction of sp³-hybridized carbons (Fsp3) is 0.176. The minimum atomic E-state index is -0.728. The molecule has 1 atom stereocenters. The van der Waals surface area contributed by atoms with Crippen LogP contribution in [-0.2, 0) is 16.2 Å². The molecule has 0 radical (unpaired) electrons. The predicted octanol–water partition coefficient (Wildman–Crippen LogP) is 2.88. The minimum absolute atomic E-state index is 0.264. The predicted molar refractivity (Wildman–Crippen MR) is 82.8 cm³/mol. The molecule has 5 heteroatoms. The van der Waals surface area contributed by atoms with Gasteiger partial charge in [0.05, 0.1) is 6.21 Å². The van der Waals surface area contributed by atoms with Gasteiger partial charge in [-0.05, 0) is 30.2 Å². The molecular formula is C17H17FN2O2. The van der Waals surface area contributed by atoms with Gasteiger partial charge >= 0.3 is 0 Å². The van der Waals surface area contributed by atoms with Crippen molar-refractivity contribution in [1.29, 1.82) is 0 Å². The maximum absolute atomic E-state index is 13.0. The molecule has 2 aromatic carbocycles. The quantitative estimate of drug-likeness (QED) is 0.659. The highest BCUT2D eigenvalue weighted by Crippen LogP contribution is 2.02.